The van der Waals surface area contributed by atoms with Crippen molar-refractivity contribution in [1.29, 1.82) is 0 Å². The Hall–Kier alpha value is -0.610. The van der Waals surface area contributed by atoms with Gasteiger partial charge in [0.1, 0.15) is 0 Å². The van der Waals surface area contributed by atoms with Gasteiger partial charge in [-0.2, -0.15) is 0 Å². The fourth-order valence-electron chi connectivity index (χ4n) is 2.16. The zero-order chi connectivity index (χ0) is 12.0. The molecule has 1 aliphatic heterocycles. The first-order chi connectivity index (χ1) is 7.69. The summed E-state index contributed by atoms with van der Waals surface area (Å²) in [6.07, 6.45) is 3.39. The molecule has 0 bridgehead atoms. The van der Waals surface area contributed by atoms with E-state index in [0.717, 1.165) is 26.1 Å². The number of likely N-dealkylation sites (N-methyl/N-ethyl adjacent to an activating group) is 1. The third-order valence-electron chi connectivity index (χ3n) is 3.34. The molecule has 4 nitrogen and oxygen atoms in total. The average Bonchev–Trinajstić information content (AvgIpc) is 2.35. The van der Waals surface area contributed by atoms with Crippen molar-refractivity contribution in [3.05, 3.63) is 0 Å². The van der Waals surface area contributed by atoms with Crippen molar-refractivity contribution in [1.82, 2.24) is 15.5 Å². The minimum absolute atomic E-state index is 0.00250. The van der Waals surface area contributed by atoms with Gasteiger partial charge in [-0.1, -0.05) is 6.92 Å². The molecule has 0 spiro atoms. The van der Waals surface area contributed by atoms with Gasteiger partial charge in [0.2, 0.25) is 5.91 Å². The predicted octanol–water partition coefficient (Wildman–Crippen LogP) is 0.585. The lowest BCUT2D eigenvalue weighted by Gasteiger charge is -2.35. The second-order valence-electron chi connectivity index (χ2n) is 4.59. The molecule has 0 saturated carbocycles. The zero-order valence-corrected chi connectivity index (χ0v) is 10.8. The number of amides is 1. The largest absolute Gasteiger partial charge is 0.355 e. The highest BCUT2D eigenvalue weighted by molar-refractivity contribution is 5.81. The van der Waals surface area contributed by atoms with Gasteiger partial charge < -0.3 is 10.6 Å². The molecule has 0 radical (unpaired) electrons. The fraction of sp³-hybridized carbons (Fsp3) is 0.917. The molecule has 2 atom stereocenters. The van der Waals surface area contributed by atoms with Crippen LogP contribution in [0.2, 0.25) is 0 Å². The Balaban J connectivity index is 2.39. The van der Waals surface area contributed by atoms with E-state index in [9.17, 15) is 4.79 Å². The number of carbonyl (C=O) groups is 1. The van der Waals surface area contributed by atoms with E-state index in [1.54, 1.807) is 0 Å². The third-order valence-corrected chi connectivity index (χ3v) is 3.34. The van der Waals surface area contributed by atoms with Crippen molar-refractivity contribution in [3.8, 4) is 0 Å². The van der Waals surface area contributed by atoms with Crippen LogP contribution >= 0.6 is 0 Å². The quantitative estimate of drug-likeness (QED) is 0.722. The van der Waals surface area contributed by atoms with Crippen LogP contribution in [-0.4, -0.2) is 49.6 Å². The number of nitrogens with zero attached hydrogens (tertiary/aromatic N) is 1. The van der Waals surface area contributed by atoms with E-state index in [2.05, 4.69) is 22.5 Å². The van der Waals surface area contributed by atoms with Crippen LogP contribution in [0.1, 0.15) is 33.1 Å². The fourth-order valence-corrected chi connectivity index (χ4v) is 2.16. The van der Waals surface area contributed by atoms with Gasteiger partial charge in [0.05, 0.1) is 6.04 Å². The first-order valence-electron chi connectivity index (χ1n) is 6.38. The number of carbonyl (C=O) groups excluding carboxylic acids is 1. The monoisotopic (exact) mass is 227 g/mol. The first kappa shape index (κ1) is 13.5. The molecule has 16 heavy (non-hydrogen) atoms. The summed E-state index contributed by atoms with van der Waals surface area (Å²) in [6, 6.07) is 0.540. The Morgan fingerprint density at radius 1 is 1.56 bits per heavy atom. The van der Waals surface area contributed by atoms with Crippen LogP contribution < -0.4 is 10.6 Å². The van der Waals surface area contributed by atoms with E-state index < -0.39 is 0 Å². The van der Waals surface area contributed by atoms with Crippen molar-refractivity contribution in [3.63, 3.8) is 0 Å². The lowest BCUT2D eigenvalue weighted by Crippen LogP contribution is -2.52. The second kappa shape index (κ2) is 6.86. The van der Waals surface area contributed by atoms with Gasteiger partial charge in [-0.15, -0.1) is 0 Å². The van der Waals surface area contributed by atoms with E-state index in [4.69, 9.17) is 0 Å². The average molecular weight is 227 g/mol. The van der Waals surface area contributed by atoms with E-state index in [-0.39, 0.29) is 11.9 Å². The lowest BCUT2D eigenvalue weighted by atomic mass is 10.0. The van der Waals surface area contributed by atoms with Gasteiger partial charge in [-0.25, -0.2) is 0 Å². The van der Waals surface area contributed by atoms with Gasteiger partial charge in [-0.05, 0) is 39.8 Å². The standard InChI is InChI=1S/C12H25N3O/c1-4-7-14-12(16)10(2)15-8-5-6-11(9-15)13-3/h10-11,13H,4-9H2,1-3H3,(H,14,16). The summed E-state index contributed by atoms with van der Waals surface area (Å²) < 4.78 is 0. The van der Waals surface area contributed by atoms with Crippen LogP contribution in [0.4, 0.5) is 0 Å². The smallest absolute Gasteiger partial charge is 0.237 e. The topological polar surface area (TPSA) is 44.4 Å². The molecule has 1 amide bonds. The van der Waals surface area contributed by atoms with Crippen molar-refractivity contribution in [2.45, 2.75) is 45.2 Å². The Labute approximate surface area is 98.8 Å². The van der Waals surface area contributed by atoms with Crippen LogP contribution in [0.15, 0.2) is 0 Å². The van der Waals surface area contributed by atoms with E-state index in [1.165, 1.54) is 12.8 Å². The predicted molar refractivity (Wildman–Crippen MR) is 66.4 cm³/mol. The number of nitrogens with one attached hydrogen (secondary N) is 2. The highest BCUT2D eigenvalue weighted by Crippen LogP contribution is 2.12. The van der Waals surface area contributed by atoms with Gasteiger partial charge in [-0.3, -0.25) is 9.69 Å². The summed E-state index contributed by atoms with van der Waals surface area (Å²) in [5.74, 6) is 0.165. The minimum atomic E-state index is 0.00250. The molecule has 1 fully saturated rings. The molecule has 0 aromatic heterocycles. The molecular formula is C12H25N3O. The number of likely N-dealkylation sites (tertiary alicyclic amines) is 1. The molecule has 1 aliphatic rings. The molecule has 1 heterocycles. The maximum Gasteiger partial charge on any atom is 0.237 e. The van der Waals surface area contributed by atoms with E-state index in [1.807, 2.05) is 14.0 Å². The summed E-state index contributed by atoms with van der Waals surface area (Å²) in [5, 5.41) is 6.26. The van der Waals surface area contributed by atoms with Crippen LogP contribution in [0.3, 0.4) is 0 Å². The molecule has 94 valence electrons. The highest BCUT2D eigenvalue weighted by Gasteiger charge is 2.26. The Kier molecular flexibility index (Phi) is 5.77. The number of rotatable bonds is 5. The summed E-state index contributed by atoms with van der Waals surface area (Å²) in [6.45, 7) is 6.88. The maximum absolute atomic E-state index is 11.8. The number of hydrogen-bond acceptors (Lipinski definition) is 3. The molecule has 1 saturated heterocycles. The van der Waals surface area contributed by atoms with Crippen LogP contribution in [0, 0.1) is 0 Å². The second-order valence-corrected chi connectivity index (χ2v) is 4.59. The Morgan fingerprint density at radius 3 is 2.94 bits per heavy atom. The molecule has 0 aliphatic carbocycles. The summed E-state index contributed by atoms with van der Waals surface area (Å²) >= 11 is 0. The van der Waals surface area contributed by atoms with Crippen molar-refractivity contribution in [2.24, 2.45) is 0 Å². The van der Waals surface area contributed by atoms with Crippen molar-refractivity contribution in [2.75, 3.05) is 26.7 Å². The molecule has 1 rings (SSSR count). The highest BCUT2D eigenvalue weighted by atomic mass is 16.2. The zero-order valence-electron chi connectivity index (χ0n) is 10.8. The van der Waals surface area contributed by atoms with Gasteiger partial charge in [0.25, 0.3) is 0 Å². The maximum atomic E-state index is 11.8. The Bertz CT molecular complexity index is 220. The summed E-state index contributed by atoms with van der Waals surface area (Å²) in [7, 11) is 2.00. The van der Waals surface area contributed by atoms with Gasteiger partial charge >= 0.3 is 0 Å². The molecule has 4 heteroatoms. The first-order valence-corrected chi connectivity index (χ1v) is 6.38. The SMILES string of the molecule is CCCNC(=O)C(C)N1CCCC(NC)C1. The molecule has 0 aromatic carbocycles. The normalized spacial score (nSPS) is 24.1. The minimum Gasteiger partial charge on any atom is -0.355 e. The van der Waals surface area contributed by atoms with Crippen molar-refractivity contribution >= 4 is 5.91 Å². The van der Waals surface area contributed by atoms with E-state index >= 15 is 0 Å². The molecule has 0 aromatic rings. The van der Waals surface area contributed by atoms with E-state index in [0.29, 0.717) is 6.04 Å². The van der Waals surface area contributed by atoms with Crippen LogP contribution in [0.25, 0.3) is 0 Å². The summed E-state index contributed by atoms with van der Waals surface area (Å²) in [4.78, 5) is 14.1. The number of hydrogen-bond donors (Lipinski definition) is 2. The molecule has 2 N–H and O–H groups in total. The van der Waals surface area contributed by atoms with Crippen LogP contribution in [-0.2, 0) is 4.79 Å². The third kappa shape index (κ3) is 3.76. The number of piperidine rings is 1. The lowest BCUT2D eigenvalue weighted by molar-refractivity contribution is -0.126. The van der Waals surface area contributed by atoms with Gasteiger partial charge in [0.15, 0.2) is 0 Å². The molecular weight excluding hydrogens is 202 g/mol. The van der Waals surface area contributed by atoms with Crippen molar-refractivity contribution < 1.29 is 4.79 Å². The summed E-state index contributed by atoms with van der Waals surface area (Å²) in [5.41, 5.74) is 0. The van der Waals surface area contributed by atoms with Crippen LogP contribution in [0.5, 0.6) is 0 Å². The molecule has 2 unspecified atom stereocenters. The van der Waals surface area contributed by atoms with Gasteiger partial charge in [0, 0.05) is 19.1 Å². The Morgan fingerprint density at radius 2 is 2.31 bits per heavy atom.